The van der Waals surface area contributed by atoms with Gasteiger partial charge in [-0.3, -0.25) is 14.4 Å². The molecule has 1 heterocycles. The summed E-state index contributed by atoms with van der Waals surface area (Å²) in [5.74, 6) is -1.32. The van der Waals surface area contributed by atoms with Gasteiger partial charge in [0.15, 0.2) is 0 Å². The zero-order chi connectivity index (χ0) is 14.7. The average Bonchev–Trinajstić information content (AvgIpc) is 2.83. The summed E-state index contributed by atoms with van der Waals surface area (Å²) < 4.78 is 0. The first-order valence-electron chi connectivity index (χ1n) is 6.36. The Labute approximate surface area is 116 Å². The van der Waals surface area contributed by atoms with Crippen molar-refractivity contribution in [3.8, 4) is 0 Å². The van der Waals surface area contributed by atoms with Gasteiger partial charge in [0.25, 0.3) is 5.91 Å². The van der Waals surface area contributed by atoms with E-state index in [1.807, 2.05) is 0 Å². The zero-order valence-electron chi connectivity index (χ0n) is 11.2. The van der Waals surface area contributed by atoms with E-state index in [0.29, 0.717) is 18.5 Å². The molecule has 20 heavy (non-hydrogen) atoms. The highest BCUT2D eigenvalue weighted by atomic mass is 16.4. The van der Waals surface area contributed by atoms with Crippen molar-refractivity contribution in [1.29, 1.82) is 0 Å². The van der Waals surface area contributed by atoms with Gasteiger partial charge < -0.3 is 14.9 Å². The fourth-order valence-corrected chi connectivity index (χ4v) is 2.20. The van der Waals surface area contributed by atoms with Gasteiger partial charge in [-0.15, -0.1) is 0 Å². The lowest BCUT2D eigenvalue weighted by atomic mass is 10.1. The normalized spacial score (nSPS) is 14.4. The number of hydrogen-bond donors (Lipinski definition) is 1. The summed E-state index contributed by atoms with van der Waals surface area (Å²) in [7, 11) is 1.44. The van der Waals surface area contributed by atoms with Crippen LogP contribution in [-0.4, -0.2) is 47.9 Å². The van der Waals surface area contributed by atoms with Crippen molar-refractivity contribution in [3.63, 3.8) is 0 Å². The van der Waals surface area contributed by atoms with Crippen molar-refractivity contribution in [2.45, 2.75) is 12.8 Å². The Morgan fingerprint density at radius 3 is 2.45 bits per heavy atom. The largest absolute Gasteiger partial charge is 0.480 e. The topological polar surface area (TPSA) is 77.9 Å². The van der Waals surface area contributed by atoms with Crippen molar-refractivity contribution in [3.05, 3.63) is 29.8 Å². The van der Waals surface area contributed by atoms with Crippen LogP contribution in [0.15, 0.2) is 24.3 Å². The van der Waals surface area contributed by atoms with Crippen LogP contribution < -0.4 is 4.90 Å². The number of carboxylic acid groups (broad SMARTS) is 1. The molecule has 6 heteroatoms. The smallest absolute Gasteiger partial charge is 0.323 e. The maximum absolute atomic E-state index is 12.0. The Morgan fingerprint density at radius 1 is 1.30 bits per heavy atom. The maximum atomic E-state index is 12.0. The number of carbonyl (C=O) groups is 3. The van der Waals surface area contributed by atoms with Gasteiger partial charge in [0, 0.05) is 31.3 Å². The third kappa shape index (κ3) is 2.96. The van der Waals surface area contributed by atoms with Gasteiger partial charge in [-0.2, -0.15) is 0 Å². The Morgan fingerprint density at radius 2 is 1.95 bits per heavy atom. The molecule has 106 valence electrons. The number of carboxylic acids is 1. The van der Waals surface area contributed by atoms with Crippen LogP contribution in [0.5, 0.6) is 0 Å². The summed E-state index contributed by atoms with van der Waals surface area (Å²) in [4.78, 5) is 37.0. The Hall–Kier alpha value is -2.37. The number of amides is 2. The quantitative estimate of drug-likeness (QED) is 0.888. The van der Waals surface area contributed by atoms with E-state index in [0.717, 1.165) is 17.0 Å². The number of benzene rings is 1. The fraction of sp³-hybridized carbons (Fsp3) is 0.357. The summed E-state index contributed by atoms with van der Waals surface area (Å²) in [6.45, 7) is 0.357. The van der Waals surface area contributed by atoms with Crippen LogP contribution >= 0.6 is 0 Å². The molecular formula is C14H16N2O4. The third-order valence-electron chi connectivity index (χ3n) is 3.22. The van der Waals surface area contributed by atoms with E-state index in [2.05, 4.69) is 0 Å². The van der Waals surface area contributed by atoms with Crippen LogP contribution in [0, 0.1) is 0 Å². The lowest BCUT2D eigenvalue weighted by molar-refractivity contribution is -0.137. The van der Waals surface area contributed by atoms with E-state index < -0.39 is 5.97 Å². The van der Waals surface area contributed by atoms with Gasteiger partial charge in [0.2, 0.25) is 5.91 Å². The van der Waals surface area contributed by atoms with E-state index in [4.69, 9.17) is 5.11 Å². The number of rotatable bonds is 4. The molecule has 0 atom stereocenters. The van der Waals surface area contributed by atoms with Crippen LogP contribution in [0.4, 0.5) is 5.69 Å². The summed E-state index contributed by atoms with van der Waals surface area (Å²) in [6, 6.07) is 6.65. The molecule has 0 radical (unpaired) electrons. The van der Waals surface area contributed by atoms with E-state index in [1.165, 1.54) is 7.05 Å². The van der Waals surface area contributed by atoms with Crippen LogP contribution in [0.1, 0.15) is 23.2 Å². The maximum Gasteiger partial charge on any atom is 0.323 e. The van der Waals surface area contributed by atoms with Crippen molar-refractivity contribution >= 4 is 23.5 Å². The number of aliphatic carboxylic acids is 1. The molecule has 1 fully saturated rings. The first-order valence-corrected chi connectivity index (χ1v) is 6.36. The van der Waals surface area contributed by atoms with E-state index in [-0.39, 0.29) is 18.4 Å². The molecule has 1 aliphatic heterocycles. The van der Waals surface area contributed by atoms with Gasteiger partial charge in [-0.25, -0.2) is 0 Å². The molecule has 2 amide bonds. The number of likely N-dealkylation sites (N-methyl/N-ethyl adjacent to an activating group) is 1. The van der Waals surface area contributed by atoms with Gasteiger partial charge in [-0.1, -0.05) is 0 Å². The van der Waals surface area contributed by atoms with Gasteiger partial charge in [0.05, 0.1) is 0 Å². The molecule has 1 aromatic rings. The van der Waals surface area contributed by atoms with Crippen molar-refractivity contribution in [1.82, 2.24) is 4.90 Å². The Balaban J connectivity index is 2.09. The van der Waals surface area contributed by atoms with Gasteiger partial charge in [0.1, 0.15) is 6.54 Å². The Kier molecular flexibility index (Phi) is 4.02. The SMILES string of the molecule is CN(CC(=O)O)C(=O)c1ccc(N2CCCC2=O)cc1. The van der Waals surface area contributed by atoms with E-state index in [1.54, 1.807) is 29.2 Å². The van der Waals surface area contributed by atoms with Crippen molar-refractivity contribution in [2.75, 3.05) is 25.0 Å². The molecule has 0 bridgehead atoms. The third-order valence-corrected chi connectivity index (χ3v) is 3.22. The lowest BCUT2D eigenvalue weighted by Crippen LogP contribution is -2.32. The first-order chi connectivity index (χ1) is 9.49. The number of anilines is 1. The Bertz CT molecular complexity index is 539. The molecule has 0 aromatic heterocycles. The average molecular weight is 276 g/mol. The van der Waals surface area contributed by atoms with Crippen LogP contribution in [0.25, 0.3) is 0 Å². The molecular weight excluding hydrogens is 260 g/mol. The summed E-state index contributed by atoms with van der Waals surface area (Å²) in [5.41, 5.74) is 1.18. The summed E-state index contributed by atoms with van der Waals surface area (Å²) in [5, 5.41) is 8.66. The molecule has 0 aliphatic carbocycles. The molecule has 1 aliphatic rings. The summed E-state index contributed by atoms with van der Waals surface area (Å²) >= 11 is 0. The predicted octanol–water partition coefficient (Wildman–Crippen LogP) is 0.970. The second-order valence-corrected chi connectivity index (χ2v) is 4.75. The molecule has 1 saturated heterocycles. The highest BCUT2D eigenvalue weighted by molar-refractivity contribution is 5.98. The van der Waals surface area contributed by atoms with E-state index >= 15 is 0 Å². The molecule has 0 unspecified atom stereocenters. The lowest BCUT2D eigenvalue weighted by Gasteiger charge is -2.17. The standard InChI is InChI=1S/C14H16N2O4/c1-15(9-13(18)19)14(20)10-4-6-11(7-5-10)16-8-2-3-12(16)17/h4-7H,2-3,8-9H2,1H3,(H,18,19). The first kappa shape index (κ1) is 14.0. The highest BCUT2D eigenvalue weighted by Gasteiger charge is 2.22. The van der Waals surface area contributed by atoms with E-state index in [9.17, 15) is 14.4 Å². The van der Waals surface area contributed by atoms with Crippen molar-refractivity contribution in [2.24, 2.45) is 0 Å². The van der Waals surface area contributed by atoms with Crippen LogP contribution in [-0.2, 0) is 9.59 Å². The van der Waals surface area contributed by atoms with Crippen molar-refractivity contribution < 1.29 is 19.5 Å². The summed E-state index contributed by atoms with van der Waals surface area (Å²) in [6.07, 6.45) is 1.41. The minimum absolute atomic E-state index is 0.0899. The van der Waals surface area contributed by atoms with Gasteiger partial charge in [-0.05, 0) is 30.7 Å². The molecule has 1 aromatic carbocycles. The predicted molar refractivity (Wildman–Crippen MR) is 72.6 cm³/mol. The molecule has 6 nitrogen and oxygen atoms in total. The second kappa shape index (κ2) is 5.73. The highest BCUT2D eigenvalue weighted by Crippen LogP contribution is 2.21. The number of nitrogens with zero attached hydrogens (tertiary/aromatic N) is 2. The number of hydrogen-bond acceptors (Lipinski definition) is 3. The fourth-order valence-electron chi connectivity index (χ4n) is 2.20. The van der Waals surface area contributed by atoms with Crippen LogP contribution in [0.3, 0.4) is 0 Å². The number of carbonyl (C=O) groups excluding carboxylic acids is 2. The van der Waals surface area contributed by atoms with Crippen LogP contribution in [0.2, 0.25) is 0 Å². The zero-order valence-corrected chi connectivity index (χ0v) is 11.2. The minimum Gasteiger partial charge on any atom is -0.480 e. The molecule has 0 spiro atoms. The minimum atomic E-state index is -1.06. The molecule has 0 saturated carbocycles. The molecule has 1 N–H and O–H groups in total. The van der Waals surface area contributed by atoms with Gasteiger partial charge >= 0.3 is 5.97 Å². The second-order valence-electron chi connectivity index (χ2n) is 4.75. The molecule has 2 rings (SSSR count). The monoisotopic (exact) mass is 276 g/mol.